The molecule has 1 aromatic heterocycles. The van der Waals surface area contributed by atoms with Gasteiger partial charge in [-0.25, -0.2) is 4.98 Å². The van der Waals surface area contributed by atoms with Crippen LogP contribution in [0, 0.1) is 0 Å². The Labute approximate surface area is 76.9 Å². The van der Waals surface area contributed by atoms with Gasteiger partial charge in [0.1, 0.15) is 19.8 Å². The maximum atomic E-state index is 11.6. The van der Waals surface area contributed by atoms with Crippen molar-refractivity contribution in [1.82, 2.24) is 15.2 Å². The Balaban J connectivity index is 2.31. The highest BCUT2D eigenvalue weighted by Crippen LogP contribution is 2.14. The zero-order valence-corrected chi connectivity index (χ0v) is 7.01. The van der Waals surface area contributed by atoms with Gasteiger partial charge in [-0.3, -0.25) is 5.10 Å². The van der Waals surface area contributed by atoms with E-state index in [-0.39, 0.29) is 24.9 Å². The number of nitrogens with zero attached hydrogens (tertiary/aromatic N) is 2. The molecule has 1 rings (SSSR count). The molecule has 0 saturated heterocycles. The van der Waals surface area contributed by atoms with Crippen LogP contribution in [0.2, 0.25) is 0 Å². The number of H-pyrrole nitrogens is 1. The predicted octanol–water partition coefficient (Wildman–Crippen LogP) is 0.376. The van der Waals surface area contributed by atoms with Crippen molar-refractivity contribution < 1.29 is 23.0 Å². The number of aliphatic hydroxyl groups is 1. The molecule has 2 N–H and O–H groups in total. The zero-order valence-electron chi connectivity index (χ0n) is 7.01. The van der Waals surface area contributed by atoms with Gasteiger partial charge >= 0.3 is 6.18 Å². The number of hydrogen-bond acceptors (Lipinski definition) is 4. The van der Waals surface area contributed by atoms with Crippen molar-refractivity contribution in [2.75, 3.05) is 6.61 Å². The van der Waals surface area contributed by atoms with Crippen LogP contribution in [0.4, 0.5) is 13.2 Å². The van der Waals surface area contributed by atoms with Gasteiger partial charge in [-0.15, -0.1) is 0 Å². The van der Waals surface area contributed by atoms with Gasteiger partial charge in [0.15, 0.2) is 11.6 Å². The van der Waals surface area contributed by atoms with E-state index in [1.54, 1.807) is 0 Å². The third-order valence-corrected chi connectivity index (χ3v) is 1.22. The number of halogens is 3. The van der Waals surface area contributed by atoms with Crippen molar-refractivity contribution in [2.45, 2.75) is 19.4 Å². The molecule has 0 aliphatic rings. The second kappa shape index (κ2) is 4.38. The fraction of sp³-hybridized carbons (Fsp3) is 0.667. The van der Waals surface area contributed by atoms with Gasteiger partial charge in [-0.1, -0.05) is 0 Å². The van der Waals surface area contributed by atoms with Crippen molar-refractivity contribution in [1.29, 1.82) is 0 Å². The van der Waals surface area contributed by atoms with Crippen LogP contribution in [0.3, 0.4) is 0 Å². The Hall–Kier alpha value is -1.15. The second-order valence-corrected chi connectivity index (χ2v) is 2.46. The van der Waals surface area contributed by atoms with E-state index in [0.29, 0.717) is 0 Å². The average Bonchev–Trinajstić information content (AvgIpc) is 2.50. The highest BCUT2D eigenvalue weighted by molar-refractivity contribution is 4.86. The van der Waals surface area contributed by atoms with E-state index in [0.717, 1.165) is 0 Å². The standard InChI is InChI=1S/C6H8F3N3O2/c7-6(8,9)3-14-2-5-10-4(1-13)11-12-5/h13H,1-3H2,(H,10,11,12). The van der Waals surface area contributed by atoms with Crippen molar-refractivity contribution in [2.24, 2.45) is 0 Å². The molecule has 1 heterocycles. The quantitative estimate of drug-likeness (QED) is 0.755. The van der Waals surface area contributed by atoms with Gasteiger partial charge in [0.2, 0.25) is 0 Å². The molecular weight excluding hydrogens is 203 g/mol. The summed E-state index contributed by atoms with van der Waals surface area (Å²) >= 11 is 0. The summed E-state index contributed by atoms with van der Waals surface area (Å²) < 4.78 is 39.2. The number of nitrogens with one attached hydrogen (secondary N) is 1. The molecule has 0 amide bonds. The lowest BCUT2D eigenvalue weighted by Gasteiger charge is -2.05. The first-order chi connectivity index (χ1) is 6.51. The monoisotopic (exact) mass is 211 g/mol. The summed E-state index contributed by atoms with van der Waals surface area (Å²) in [5.41, 5.74) is 0. The van der Waals surface area contributed by atoms with Crippen LogP contribution in [0.5, 0.6) is 0 Å². The topological polar surface area (TPSA) is 71.0 Å². The van der Waals surface area contributed by atoms with Crippen LogP contribution in [-0.4, -0.2) is 33.1 Å². The van der Waals surface area contributed by atoms with Crippen molar-refractivity contribution in [3.8, 4) is 0 Å². The molecule has 0 aliphatic heterocycles. The molecule has 5 nitrogen and oxygen atoms in total. The van der Waals surface area contributed by atoms with Crippen molar-refractivity contribution >= 4 is 0 Å². The molecule has 0 saturated carbocycles. The summed E-state index contributed by atoms with van der Waals surface area (Å²) in [5, 5.41) is 14.4. The van der Waals surface area contributed by atoms with Gasteiger partial charge in [-0.2, -0.15) is 18.3 Å². The average molecular weight is 211 g/mol. The van der Waals surface area contributed by atoms with Crippen LogP contribution in [0.25, 0.3) is 0 Å². The van der Waals surface area contributed by atoms with Gasteiger partial charge in [0, 0.05) is 0 Å². The second-order valence-electron chi connectivity index (χ2n) is 2.46. The Kier molecular flexibility index (Phi) is 3.42. The van der Waals surface area contributed by atoms with Gasteiger partial charge < -0.3 is 9.84 Å². The number of aliphatic hydroxyl groups excluding tert-OH is 1. The van der Waals surface area contributed by atoms with Crippen LogP contribution >= 0.6 is 0 Å². The molecule has 1 aromatic rings. The Bertz CT molecular complexity index is 286. The van der Waals surface area contributed by atoms with E-state index in [4.69, 9.17) is 5.11 Å². The molecule has 0 aromatic carbocycles. The zero-order chi connectivity index (χ0) is 10.6. The minimum Gasteiger partial charge on any atom is -0.388 e. The molecule has 0 unspecified atom stereocenters. The summed E-state index contributed by atoms with van der Waals surface area (Å²) in [7, 11) is 0. The predicted molar refractivity (Wildman–Crippen MR) is 38.0 cm³/mol. The maximum absolute atomic E-state index is 11.6. The van der Waals surface area contributed by atoms with Crippen LogP contribution in [-0.2, 0) is 18.0 Å². The summed E-state index contributed by atoms with van der Waals surface area (Å²) in [6, 6.07) is 0. The maximum Gasteiger partial charge on any atom is 0.411 e. The van der Waals surface area contributed by atoms with E-state index in [2.05, 4.69) is 19.9 Å². The number of alkyl halides is 3. The van der Waals surface area contributed by atoms with Crippen LogP contribution < -0.4 is 0 Å². The molecule has 0 spiro atoms. The lowest BCUT2D eigenvalue weighted by molar-refractivity contribution is -0.177. The van der Waals surface area contributed by atoms with Gasteiger partial charge in [0.25, 0.3) is 0 Å². The first-order valence-corrected chi connectivity index (χ1v) is 3.67. The molecule has 0 atom stereocenters. The van der Waals surface area contributed by atoms with E-state index in [1.165, 1.54) is 0 Å². The first kappa shape index (κ1) is 10.9. The van der Waals surface area contributed by atoms with Gasteiger partial charge in [0.05, 0.1) is 0 Å². The van der Waals surface area contributed by atoms with Crippen LogP contribution in [0.1, 0.15) is 11.6 Å². The Morgan fingerprint density at radius 3 is 2.64 bits per heavy atom. The number of hydrogen-bond donors (Lipinski definition) is 2. The molecule has 0 radical (unpaired) electrons. The Morgan fingerprint density at radius 1 is 1.43 bits per heavy atom. The van der Waals surface area contributed by atoms with Crippen LogP contribution in [0.15, 0.2) is 0 Å². The van der Waals surface area contributed by atoms with Crippen molar-refractivity contribution in [3.05, 3.63) is 11.6 Å². The normalized spacial score (nSPS) is 12.0. The number of aromatic amines is 1. The summed E-state index contributed by atoms with van der Waals surface area (Å²) in [6.45, 7) is -2.01. The lowest BCUT2D eigenvalue weighted by Crippen LogP contribution is -2.17. The third kappa shape index (κ3) is 3.71. The molecular formula is C6H8F3N3O2. The first-order valence-electron chi connectivity index (χ1n) is 3.67. The summed E-state index contributed by atoms with van der Waals surface area (Å²) in [5.74, 6) is 0.272. The smallest absolute Gasteiger partial charge is 0.388 e. The largest absolute Gasteiger partial charge is 0.411 e. The van der Waals surface area contributed by atoms with E-state index in [1.807, 2.05) is 0 Å². The highest BCUT2D eigenvalue weighted by atomic mass is 19.4. The molecule has 14 heavy (non-hydrogen) atoms. The Morgan fingerprint density at radius 2 is 2.14 bits per heavy atom. The van der Waals surface area contributed by atoms with Gasteiger partial charge in [-0.05, 0) is 0 Å². The molecule has 80 valence electrons. The minimum absolute atomic E-state index is 0.121. The summed E-state index contributed by atoms with van der Waals surface area (Å²) in [4.78, 5) is 3.64. The molecule has 0 aliphatic carbocycles. The fourth-order valence-corrected chi connectivity index (χ4v) is 0.734. The SMILES string of the molecule is OCc1n[nH]c(COCC(F)(F)F)n1. The number of aromatic nitrogens is 3. The molecule has 8 heteroatoms. The number of ether oxygens (including phenoxy) is 1. The summed E-state index contributed by atoms with van der Waals surface area (Å²) in [6.07, 6.45) is -4.35. The van der Waals surface area contributed by atoms with Crippen molar-refractivity contribution in [3.63, 3.8) is 0 Å². The number of rotatable bonds is 4. The fourth-order valence-electron chi connectivity index (χ4n) is 0.734. The van der Waals surface area contributed by atoms with E-state index in [9.17, 15) is 13.2 Å². The molecule has 0 fully saturated rings. The lowest BCUT2D eigenvalue weighted by atomic mass is 10.6. The molecule has 0 bridgehead atoms. The van der Waals surface area contributed by atoms with E-state index >= 15 is 0 Å². The van der Waals surface area contributed by atoms with E-state index < -0.39 is 12.8 Å². The highest BCUT2D eigenvalue weighted by Gasteiger charge is 2.27. The third-order valence-electron chi connectivity index (χ3n) is 1.22. The minimum atomic E-state index is -4.35.